The predicted octanol–water partition coefficient (Wildman–Crippen LogP) is 2.39. The average Bonchev–Trinajstić information content (AvgIpc) is 2.27. The molecule has 0 saturated heterocycles. The van der Waals surface area contributed by atoms with Crippen LogP contribution in [0, 0.1) is 5.92 Å². The maximum absolute atomic E-state index is 11.6. The average molecular weight is 242 g/mol. The predicted molar refractivity (Wildman–Crippen MR) is 64.9 cm³/mol. The molecule has 1 aromatic rings. The molecule has 2 N–H and O–H groups in total. The van der Waals surface area contributed by atoms with Crippen LogP contribution in [-0.2, 0) is 0 Å². The summed E-state index contributed by atoms with van der Waals surface area (Å²) in [6.07, 6.45) is 0.886. The van der Waals surface area contributed by atoms with Crippen LogP contribution in [0.1, 0.15) is 23.7 Å². The van der Waals surface area contributed by atoms with Gasteiger partial charge < -0.3 is 10.4 Å². The Labute approximate surface area is 100 Å². The number of alkyl halides is 1. The molecule has 0 fully saturated rings. The zero-order chi connectivity index (χ0) is 12.0. The lowest BCUT2D eigenvalue weighted by molar-refractivity contribution is 0.0948. The van der Waals surface area contributed by atoms with Gasteiger partial charge in [0.05, 0.1) is 0 Å². The van der Waals surface area contributed by atoms with Crippen LogP contribution in [0.4, 0.5) is 0 Å². The van der Waals surface area contributed by atoms with Crippen LogP contribution in [0.5, 0.6) is 5.75 Å². The number of phenols is 1. The van der Waals surface area contributed by atoms with E-state index in [4.69, 9.17) is 16.7 Å². The van der Waals surface area contributed by atoms with Crippen molar-refractivity contribution in [1.82, 2.24) is 5.32 Å². The highest BCUT2D eigenvalue weighted by Crippen LogP contribution is 2.09. The minimum atomic E-state index is -0.124. The Hall–Kier alpha value is -1.22. The molecule has 0 spiro atoms. The van der Waals surface area contributed by atoms with Crippen LogP contribution in [0.3, 0.4) is 0 Å². The normalized spacial score (nSPS) is 12.1. The maximum atomic E-state index is 11.6. The molecule has 0 bridgehead atoms. The number of amides is 1. The number of benzene rings is 1. The summed E-state index contributed by atoms with van der Waals surface area (Å²) in [5.74, 6) is 1.02. The second-order valence-corrected chi connectivity index (χ2v) is 4.22. The SMILES string of the molecule is CC(CCCl)CNC(=O)c1ccc(O)cc1. The van der Waals surface area contributed by atoms with E-state index in [1.54, 1.807) is 12.1 Å². The number of halogens is 1. The molecule has 1 atom stereocenters. The van der Waals surface area contributed by atoms with Gasteiger partial charge in [-0.2, -0.15) is 0 Å². The largest absolute Gasteiger partial charge is 0.508 e. The molecule has 0 aromatic heterocycles. The zero-order valence-electron chi connectivity index (χ0n) is 9.24. The molecule has 3 nitrogen and oxygen atoms in total. The Balaban J connectivity index is 2.43. The summed E-state index contributed by atoms with van der Waals surface area (Å²) in [5, 5.41) is 11.9. The van der Waals surface area contributed by atoms with Crippen LogP contribution in [0.2, 0.25) is 0 Å². The van der Waals surface area contributed by atoms with Gasteiger partial charge in [0.1, 0.15) is 5.75 Å². The second-order valence-electron chi connectivity index (χ2n) is 3.84. The van der Waals surface area contributed by atoms with E-state index in [2.05, 4.69) is 5.32 Å². The lowest BCUT2D eigenvalue weighted by atomic mass is 10.1. The van der Waals surface area contributed by atoms with Crippen LogP contribution < -0.4 is 5.32 Å². The first-order valence-corrected chi connectivity index (χ1v) is 5.80. The second kappa shape index (κ2) is 6.38. The van der Waals surface area contributed by atoms with E-state index in [9.17, 15) is 4.79 Å². The van der Waals surface area contributed by atoms with E-state index in [1.807, 2.05) is 6.92 Å². The van der Waals surface area contributed by atoms with Gasteiger partial charge in [-0.1, -0.05) is 6.92 Å². The van der Waals surface area contributed by atoms with Crippen LogP contribution in [-0.4, -0.2) is 23.4 Å². The summed E-state index contributed by atoms with van der Waals surface area (Å²) in [7, 11) is 0. The van der Waals surface area contributed by atoms with E-state index in [-0.39, 0.29) is 11.7 Å². The number of phenolic OH excluding ortho intramolecular Hbond substituents is 1. The van der Waals surface area contributed by atoms with E-state index in [0.29, 0.717) is 23.9 Å². The highest BCUT2D eigenvalue weighted by molar-refractivity contribution is 6.17. The van der Waals surface area contributed by atoms with Gasteiger partial charge in [0.2, 0.25) is 0 Å². The molecule has 0 saturated carbocycles. The molecule has 0 radical (unpaired) electrons. The van der Waals surface area contributed by atoms with Crippen LogP contribution in [0.15, 0.2) is 24.3 Å². The molecule has 1 amide bonds. The molecule has 0 aliphatic carbocycles. The van der Waals surface area contributed by atoms with Gasteiger partial charge in [-0.25, -0.2) is 0 Å². The van der Waals surface area contributed by atoms with E-state index >= 15 is 0 Å². The molecule has 0 aliphatic heterocycles. The van der Waals surface area contributed by atoms with Gasteiger partial charge in [-0.15, -0.1) is 11.6 Å². The van der Waals surface area contributed by atoms with Crippen molar-refractivity contribution in [2.24, 2.45) is 5.92 Å². The van der Waals surface area contributed by atoms with Crippen LogP contribution in [0.25, 0.3) is 0 Å². The third kappa shape index (κ3) is 4.11. The molecular formula is C12H16ClNO2. The Bertz CT molecular complexity index is 337. The number of carbonyl (C=O) groups is 1. The number of aromatic hydroxyl groups is 1. The van der Waals surface area contributed by atoms with Gasteiger partial charge in [0.25, 0.3) is 5.91 Å². The fraction of sp³-hybridized carbons (Fsp3) is 0.417. The van der Waals surface area contributed by atoms with Crippen molar-refractivity contribution in [3.63, 3.8) is 0 Å². The monoisotopic (exact) mass is 241 g/mol. The first kappa shape index (κ1) is 12.8. The van der Waals surface area contributed by atoms with Gasteiger partial charge in [0.15, 0.2) is 0 Å². The van der Waals surface area contributed by atoms with Gasteiger partial charge in [-0.05, 0) is 36.6 Å². The standard InChI is InChI=1S/C12H16ClNO2/c1-9(6-7-13)8-14-12(16)10-2-4-11(15)5-3-10/h2-5,9,15H,6-8H2,1H3,(H,14,16). The van der Waals surface area contributed by atoms with Crippen molar-refractivity contribution in [2.75, 3.05) is 12.4 Å². The topological polar surface area (TPSA) is 49.3 Å². The Morgan fingerprint density at radius 1 is 1.44 bits per heavy atom. The summed E-state index contributed by atoms with van der Waals surface area (Å²) in [6.45, 7) is 2.66. The smallest absolute Gasteiger partial charge is 0.251 e. The molecule has 1 unspecified atom stereocenters. The van der Waals surface area contributed by atoms with Gasteiger partial charge in [-0.3, -0.25) is 4.79 Å². The molecule has 1 aromatic carbocycles. The van der Waals surface area contributed by atoms with Crippen molar-refractivity contribution >= 4 is 17.5 Å². The number of rotatable bonds is 5. The molecule has 0 aliphatic rings. The Kier molecular flexibility index (Phi) is 5.12. The highest BCUT2D eigenvalue weighted by Gasteiger charge is 2.07. The lowest BCUT2D eigenvalue weighted by Gasteiger charge is -2.10. The fourth-order valence-electron chi connectivity index (χ4n) is 1.27. The lowest BCUT2D eigenvalue weighted by Crippen LogP contribution is -2.28. The molecule has 0 heterocycles. The molecule has 4 heteroatoms. The summed E-state index contributed by atoms with van der Waals surface area (Å²) in [5.41, 5.74) is 0.552. The minimum absolute atomic E-state index is 0.124. The summed E-state index contributed by atoms with van der Waals surface area (Å²) in [6, 6.07) is 6.18. The van der Waals surface area contributed by atoms with E-state index in [0.717, 1.165) is 6.42 Å². The molecule has 16 heavy (non-hydrogen) atoms. The third-order valence-electron chi connectivity index (χ3n) is 2.34. The third-order valence-corrected chi connectivity index (χ3v) is 2.56. The first-order chi connectivity index (χ1) is 7.63. The van der Waals surface area contributed by atoms with Crippen molar-refractivity contribution in [1.29, 1.82) is 0 Å². The Morgan fingerprint density at radius 2 is 2.06 bits per heavy atom. The van der Waals surface area contributed by atoms with Gasteiger partial charge >= 0.3 is 0 Å². The summed E-state index contributed by atoms with van der Waals surface area (Å²) >= 11 is 5.61. The van der Waals surface area contributed by atoms with E-state index in [1.165, 1.54) is 12.1 Å². The zero-order valence-corrected chi connectivity index (χ0v) is 10.00. The number of hydrogen-bond donors (Lipinski definition) is 2. The molecule has 88 valence electrons. The molecular weight excluding hydrogens is 226 g/mol. The number of hydrogen-bond acceptors (Lipinski definition) is 2. The quantitative estimate of drug-likeness (QED) is 0.778. The summed E-state index contributed by atoms with van der Waals surface area (Å²) < 4.78 is 0. The van der Waals surface area contributed by atoms with E-state index < -0.39 is 0 Å². The fourth-order valence-corrected chi connectivity index (χ4v) is 1.64. The Morgan fingerprint density at radius 3 is 2.62 bits per heavy atom. The van der Waals surface area contributed by atoms with Crippen molar-refractivity contribution in [2.45, 2.75) is 13.3 Å². The summed E-state index contributed by atoms with van der Waals surface area (Å²) in [4.78, 5) is 11.6. The minimum Gasteiger partial charge on any atom is -0.508 e. The van der Waals surface area contributed by atoms with Crippen molar-refractivity contribution in [3.05, 3.63) is 29.8 Å². The van der Waals surface area contributed by atoms with Crippen LogP contribution >= 0.6 is 11.6 Å². The first-order valence-electron chi connectivity index (χ1n) is 5.26. The number of carbonyl (C=O) groups excluding carboxylic acids is 1. The van der Waals surface area contributed by atoms with Gasteiger partial charge in [0, 0.05) is 18.0 Å². The highest BCUT2D eigenvalue weighted by atomic mass is 35.5. The molecule has 1 rings (SSSR count). The van der Waals surface area contributed by atoms with Crippen molar-refractivity contribution < 1.29 is 9.90 Å². The van der Waals surface area contributed by atoms with Crippen molar-refractivity contribution in [3.8, 4) is 5.75 Å². The maximum Gasteiger partial charge on any atom is 0.251 e. The number of nitrogens with one attached hydrogen (secondary N) is 1.